The molecule has 0 aromatic heterocycles. The average Bonchev–Trinajstić information content (AvgIpc) is 1.98. The van der Waals surface area contributed by atoms with Crippen LogP contribution in [0.15, 0.2) is 18.2 Å². The van der Waals surface area contributed by atoms with Gasteiger partial charge in [-0.25, -0.2) is 4.39 Å². The normalized spacial score (nSPS) is 19.1. The summed E-state index contributed by atoms with van der Waals surface area (Å²) in [6.07, 6.45) is 3.53. The van der Waals surface area contributed by atoms with E-state index in [1.54, 1.807) is 6.07 Å². The number of hydrogen-bond donors (Lipinski definition) is 1. The summed E-state index contributed by atoms with van der Waals surface area (Å²) in [7, 11) is 0. The van der Waals surface area contributed by atoms with Gasteiger partial charge in [0.2, 0.25) is 0 Å². The summed E-state index contributed by atoms with van der Waals surface area (Å²) >= 11 is 5.76. The Hall–Kier alpha value is -0.600. The van der Waals surface area contributed by atoms with Crippen molar-refractivity contribution in [3.63, 3.8) is 0 Å². The molecule has 14 heavy (non-hydrogen) atoms. The van der Waals surface area contributed by atoms with E-state index in [1.165, 1.54) is 18.6 Å². The van der Waals surface area contributed by atoms with Crippen molar-refractivity contribution in [3.05, 3.63) is 34.6 Å². The summed E-state index contributed by atoms with van der Waals surface area (Å²) in [6.45, 7) is 0. The van der Waals surface area contributed by atoms with Gasteiger partial charge in [-0.1, -0.05) is 18.0 Å². The van der Waals surface area contributed by atoms with Crippen molar-refractivity contribution >= 4 is 11.6 Å². The Labute approximate surface area is 88.1 Å². The molecule has 0 spiro atoms. The fourth-order valence-corrected chi connectivity index (χ4v) is 2.07. The van der Waals surface area contributed by atoms with E-state index in [9.17, 15) is 4.39 Å². The molecule has 1 aromatic carbocycles. The van der Waals surface area contributed by atoms with E-state index in [1.807, 2.05) is 0 Å². The maximum Gasteiger partial charge on any atom is 0.125 e. The lowest BCUT2D eigenvalue weighted by Crippen LogP contribution is -2.26. The van der Waals surface area contributed by atoms with Gasteiger partial charge in [0.1, 0.15) is 5.82 Å². The van der Waals surface area contributed by atoms with Gasteiger partial charge in [-0.3, -0.25) is 0 Å². The average molecular weight is 214 g/mol. The van der Waals surface area contributed by atoms with Crippen LogP contribution in [-0.2, 0) is 0 Å². The number of benzene rings is 1. The fraction of sp³-hybridized carbons (Fsp3) is 0.455. The third-order valence-electron chi connectivity index (χ3n) is 2.93. The fourth-order valence-electron chi connectivity index (χ4n) is 1.84. The molecule has 0 amide bonds. The maximum absolute atomic E-state index is 13.0. The molecule has 76 valence electrons. The van der Waals surface area contributed by atoms with Crippen LogP contribution < -0.4 is 5.73 Å². The number of rotatable bonds is 2. The highest BCUT2D eigenvalue weighted by Crippen LogP contribution is 2.36. The molecule has 1 atom stereocenters. The SMILES string of the molecule is N[C@@H](c1cc(F)cc(Cl)c1)C1CCC1. The molecule has 0 saturated heterocycles. The van der Waals surface area contributed by atoms with Crippen molar-refractivity contribution in [2.45, 2.75) is 25.3 Å². The molecule has 1 saturated carbocycles. The first-order valence-electron chi connectivity index (χ1n) is 4.88. The van der Waals surface area contributed by atoms with Gasteiger partial charge in [0, 0.05) is 11.1 Å². The highest BCUT2D eigenvalue weighted by molar-refractivity contribution is 6.30. The third-order valence-corrected chi connectivity index (χ3v) is 3.15. The van der Waals surface area contributed by atoms with Crippen LogP contribution in [-0.4, -0.2) is 0 Å². The molecule has 0 heterocycles. The van der Waals surface area contributed by atoms with Gasteiger partial charge in [-0.2, -0.15) is 0 Å². The van der Waals surface area contributed by atoms with Gasteiger partial charge in [-0.05, 0) is 42.5 Å². The van der Waals surface area contributed by atoms with Crippen LogP contribution in [0.25, 0.3) is 0 Å². The molecule has 3 heteroatoms. The zero-order valence-corrected chi connectivity index (χ0v) is 8.60. The molecule has 1 nitrogen and oxygen atoms in total. The second-order valence-corrected chi connectivity index (χ2v) is 4.36. The molecule has 1 fully saturated rings. The zero-order chi connectivity index (χ0) is 10.1. The molecule has 1 aliphatic carbocycles. The van der Waals surface area contributed by atoms with Gasteiger partial charge >= 0.3 is 0 Å². The third kappa shape index (κ3) is 1.91. The lowest BCUT2D eigenvalue weighted by Gasteiger charge is -2.31. The van der Waals surface area contributed by atoms with Gasteiger partial charge in [-0.15, -0.1) is 0 Å². The number of nitrogens with two attached hydrogens (primary N) is 1. The van der Waals surface area contributed by atoms with Crippen LogP contribution in [0.3, 0.4) is 0 Å². The smallest absolute Gasteiger partial charge is 0.125 e. The Morgan fingerprint density at radius 3 is 2.57 bits per heavy atom. The maximum atomic E-state index is 13.0. The van der Waals surface area contributed by atoms with Crippen molar-refractivity contribution in [3.8, 4) is 0 Å². The largest absolute Gasteiger partial charge is 0.324 e. The second-order valence-electron chi connectivity index (χ2n) is 3.92. The minimum atomic E-state index is -0.303. The summed E-state index contributed by atoms with van der Waals surface area (Å²) < 4.78 is 13.0. The monoisotopic (exact) mass is 213 g/mol. The van der Waals surface area contributed by atoms with E-state index in [2.05, 4.69) is 0 Å². The Morgan fingerprint density at radius 1 is 1.36 bits per heavy atom. The van der Waals surface area contributed by atoms with Crippen molar-refractivity contribution < 1.29 is 4.39 Å². The molecule has 1 aliphatic rings. The lowest BCUT2D eigenvalue weighted by atomic mass is 9.77. The predicted molar refractivity (Wildman–Crippen MR) is 55.7 cm³/mol. The quantitative estimate of drug-likeness (QED) is 0.802. The zero-order valence-electron chi connectivity index (χ0n) is 7.84. The van der Waals surface area contributed by atoms with E-state index in [4.69, 9.17) is 17.3 Å². The molecule has 0 radical (unpaired) electrons. The number of hydrogen-bond acceptors (Lipinski definition) is 1. The van der Waals surface area contributed by atoms with E-state index < -0.39 is 0 Å². The highest BCUT2D eigenvalue weighted by Gasteiger charge is 2.25. The molecule has 1 aromatic rings. The first-order chi connectivity index (χ1) is 6.66. The van der Waals surface area contributed by atoms with E-state index in [0.29, 0.717) is 10.9 Å². The Balaban J connectivity index is 2.21. The minimum Gasteiger partial charge on any atom is -0.324 e. The van der Waals surface area contributed by atoms with E-state index in [-0.39, 0.29) is 11.9 Å². The van der Waals surface area contributed by atoms with Crippen molar-refractivity contribution in [2.75, 3.05) is 0 Å². The first kappa shape index (κ1) is 9.94. The molecular weight excluding hydrogens is 201 g/mol. The Kier molecular flexibility index (Phi) is 2.75. The summed E-state index contributed by atoms with van der Waals surface area (Å²) in [5.74, 6) is 0.204. The topological polar surface area (TPSA) is 26.0 Å². The minimum absolute atomic E-state index is 0.0584. The molecule has 0 bridgehead atoms. The van der Waals surface area contributed by atoms with E-state index >= 15 is 0 Å². The van der Waals surface area contributed by atoms with Gasteiger partial charge in [0.25, 0.3) is 0 Å². The molecule has 2 rings (SSSR count). The van der Waals surface area contributed by atoms with Gasteiger partial charge in [0.05, 0.1) is 0 Å². The van der Waals surface area contributed by atoms with Crippen molar-refractivity contribution in [2.24, 2.45) is 11.7 Å². The van der Waals surface area contributed by atoms with Gasteiger partial charge in [0.15, 0.2) is 0 Å². The predicted octanol–water partition coefficient (Wildman–Crippen LogP) is 3.28. The van der Waals surface area contributed by atoms with Crippen molar-refractivity contribution in [1.29, 1.82) is 0 Å². The summed E-state index contributed by atoms with van der Waals surface area (Å²) in [5, 5.41) is 0.426. The van der Waals surface area contributed by atoms with Crippen LogP contribution in [0.5, 0.6) is 0 Å². The molecular formula is C11H13ClFN. The lowest BCUT2D eigenvalue weighted by molar-refractivity contribution is 0.264. The molecule has 0 aliphatic heterocycles. The van der Waals surface area contributed by atoms with Crippen molar-refractivity contribution in [1.82, 2.24) is 0 Å². The van der Waals surface area contributed by atoms with Crippen LogP contribution >= 0.6 is 11.6 Å². The standard InChI is InChI=1S/C11H13ClFN/c12-9-4-8(5-10(13)6-9)11(14)7-2-1-3-7/h4-7,11H,1-3,14H2/t11-/m1/s1. The Morgan fingerprint density at radius 2 is 2.07 bits per heavy atom. The van der Waals surface area contributed by atoms with Crippen LogP contribution in [0.1, 0.15) is 30.9 Å². The van der Waals surface area contributed by atoms with E-state index in [0.717, 1.165) is 18.4 Å². The first-order valence-corrected chi connectivity index (χ1v) is 5.26. The molecule has 2 N–H and O–H groups in total. The number of halogens is 2. The summed E-state index contributed by atoms with van der Waals surface area (Å²) in [5.41, 5.74) is 6.83. The van der Waals surface area contributed by atoms with Crippen LogP contribution in [0, 0.1) is 11.7 Å². The second kappa shape index (κ2) is 3.87. The van der Waals surface area contributed by atoms with Gasteiger partial charge < -0.3 is 5.73 Å². The highest BCUT2D eigenvalue weighted by atomic mass is 35.5. The molecule has 0 unspecified atom stereocenters. The summed E-state index contributed by atoms with van der Waals surface area (Å²) in [4.78, 5) is 0. The Bertz CT molecular complexity index is 316. The summed E-state index contributed by atoms with van der Waals surface area (Å²) in [6, 6.07) is 4.48. The van der Waals surface area contributed by atoms with Crippen LogP contribution in [0.4, 0.5) is 4.39 Å². The van der Waals surface area contributed by atoms with Crippen LogP contribution in [0.2, 0.25) is 5.02 Å².